The fourth-order valence-corrected chi connectivity index (χ4v) is 2.90. The predicted octanol–water partition coefficient (Wildman–Crippen LogP) is 1.73. The van der Waals surface area contributed by atoms with Crippen LogP contribution in [-0.2, 0) is 4.79 Å². The van der Waals surface area contributed by atoms with Gasteiger partial charge in [0.15, 0.2) is 0 Å². The maximum Gasteiger partial charge on any atom is 0.272 e. The highest BCUT2D eigenvalue weighted by Gasteiger charge is 2.13. The number of benzene rings is 2. The van der Waals surface area contributed by atoms with Crippen molar-refractivity contribution in [2.45, 2.75) is 19.4 Å². The molecule has 0 unspecified atom stereocenters. The van der Waals surface area contributed by atoms with E-state index in [1.807, 2.05) is 24.3 Å². The van der Waals surface area contributed by atoms with Crippen molar-refractivity contribution in [3.05, 3.63) is 70.7 Å². The summed E-state index contributed by atoms with van der Waals surface area (Å²) >= 11 is 0. The first kappa shape index (κ1) is 21.2. The quantitative estimate of drug-likeness (QED) is 0.379. The Morgan fingerprint density at radius 3 is 2.47 bits per heavy atom. The summed E-state index contributed by atoms with van der Waals surface area (Å²) in [6.07, 6.45) is 1.51. The van der Waals surface area contributed by atoms with Crippen molar-refractivity contribution >= 4 is 22.4 Å². The molecule has 0 spiro atoms. The number of fused-ring (bicyclic) bond motifs is 1. The van der Waals surface area contributed by atoms with Crippen LogP contribution in [0.25, 0.3) is 22.0 Å². The zero-order valence-electron chi connectivity index (χ0n) is 16.9. The molecule has 1 aromatic heterocycles. The molecule has 1 amide bonds. The Labute approximate surface area is 173 Å². The van der Waals surface area contributed by atoms with E-state index >= 15 is 0 Å². The lowest BCUT2D eigenvalue weighted by Gasteiger charge is -2.17. The molecule has 3 rings (SSSR count). The van der Waals surface area contributed by atoms with Crippen molar-refractivity contribution in [2.24, 2.45) is 5.73 Å². The van der Waals surface area contributed by atoms with Crippen LogP contribution >= 0.6 is 0 Å². The first-order valence-corrected chi connectivity index (χ1v) is 9.52. The van der Waals surface area contributed by atoms with Crippen LogP contribution in [0.3, 0.4) is 0 Å². The third-order valence-corrected chi connectivity index (χ3v) is 4.43. The molecular weight excluding hydrogens is 382 g/mol. The van der Waals surface area contributed by atoms with Gasteiger partial charge in [-0.3, -0.25) is 9.59 Å². The molecule has 3 aromatic rings. The van der Waals surface area contributed by atoms with Crippen molar-refractivity contribution < 1.29 is 9.90 Å². The third kappa shape index (κ3) is 5.11. The maximum absolute atomic E-state index is 12.5. The lowest BCUT2D eigenvalue weighted by atomic mass is 10.0. The van der Waals surface area contributed by atoms with Crippen LogP contribution in [0.4, 0.5) is 5.69 Å². The standard InChI is InChI=1S/C22H25N5O3/c1-22(2,30)13-24-12-15(11-23)20(28)25-16-9-7-14(8-10-16)19-17-5-3-4-6-18(17)21(29)27-26-19/h3-10,12,24,30H,11,13,23H2,1-2H3,(H,25,28)(H,27,29)/b15-12+. The molecule has 8 nitrogen and oxygen atoms in total. The minimum atomic E-state index is -0.900. The number of rotatable bonds is 7. The number of aromatic amines is 1. The van der Waals surface area contributed by atoms with Gasteiger partial charge in [-0.1, -0.05) is 30.3 Å². The topological polar surface area (TPSA) is 133 Å². The zero-order valence-corrected chi connectivity index (χ0v) is 16.9. The largest absolute Gasteiger partial charge is 0.389 e. The summed E-state index contributed by atoms with van der Waals surface area (Å²) in [5.74, 6) is -0.332. The number of aliphatic hydroxyl groups is 1. The second kappa shape index (κ2) is 8.89. The second-order valence-corrected chi connectivity index (χ2v) is 7.55. The Morgan fingerprint density at radius 1 is 1.17 bits per heavy atom. The average Bonchev–Trinajstić information content (AvgIpc) is 2.72. The molecule has 0 aliphatic carbocycles. The SMILES string of the molecule is CC(C)(O)CN/C=C(\CN)C(=O)Nc1ccc(-c2n[nH]c(=O)c3ccccc23)cc1. The number of amides is 1. The lowest BCUT2D eigenvalue weighted by Crippen LogP contribution is -2.33. The van der Waals surface area contributed by atoms with Crippen LogP contribution in [0.2, 0.25) is 0 Å². The van der Waals surface area contributed by atoms with E-state index in [1.54, 1.807) is 38.1 Å². The van der Waals surface area contributed by atoms with Gasteiger partial charge >= 0.3 is 0 Å². The Hall–Kier alpha value is -3.49. The van der Waals surface area contributed by atoms with Gasteiger partial charge in [0.1, 0.15) is 0 Å². The molecule has 30 heavy (non-hydrogen) atoms. The lowest BCUT2D eigenvalue weighted by molar-refractivity contribution is -0.112. The Kier molecular flexibility index (Phi) is 6.29. The van der Waals surface area contributed by atoms with Gasteiger partial charge < -0.3 is 21.5 Å². The summed E-state index contributed by atoms with van der Waals surface area (Å²) < 4.78 is 0. The highest BCUT2D eigenvalue weighted by molar-refractivity contribution is 6.04. The number of H-pyrrole nitrogens is 1. The van der Waals surface area contributed by atoms with Crippen LogP contribution < -0.4 is 21.9 Å². The monoisotopic (exact) mass is 407 g/mol. The second-order valence-electron chi connectivity index (χ2n) is 7.55. The van der Waals surface area contributed by atoms with Gasteiger partial charge in [-0.15, -0.1) is 0 Å². The highest BCUT2D eigenvalue weighted by Crippen LogP contribution is 2.25. The van der Waals surface area contributed by atoms with Gasteiger partial charge in [0, 0.05) is 41.5 Å². The number of hydrogen-bond donors (Lipinski definition) is 5. The summed E-state index contributed by atoms with van der Waals surface area (Å²) in [6.45, 7) is 3.67. The van der Waals surface area contributed by atoms with Crippen LogP contribution in [0.1, 0.15) is 13.8 Å². The van der Waals surface area contributed by atoms with Gasteiger partial charge in [0.2, 0.25) is 0 Å². The Morgan fingerprint density at radius 2 is 1.83 bits per heavy atom. The molecule has 0 saturated carbocycles. The van der Waals surface area contributed by atoms with Gasteiger partial charge in [-0.2, -0.15) is 5.10 Å². The van der Waals surface area contributed by atoms with E-state index in [2.05, 4.69) is 20.8 Å². The number of carbonyl (C=O) groups excluding carboxylic acids is 1. The van der Waals surface area contributed by atoms with Crippen LogP contribution in [0.15, 0.2) is 65.1 Å². The smallest absolute Gasteiger partial charge is 0.272 e. The van der Waals surface area contributed by atoms with Gasteiger partial charge in [-0.25, -0.2) is 5.10 Å². The normalized spacial score (nSPS) is 12.1. The zero-order chi connectivity index (χ0) is 21.7. The van der Waals surface area contributed by atoms with E-state index in [9.17, 15) is 14.7 Å². The van der Waals surface area contributed by atoms with E-state index in [0.717, 1.165) is 10.9 Å². The van der Waals surface area contributed by atoms with Gasteiger partial charge in [0.05, 0.1) is 16.7 Å². The molecule has 0 fully saturated rings. The van der Waals surface area contributed by atoms with Crippen molar-refractivity contribution in [3.63, 3.8) is 0 Å². The van der Waals surface area contributed by atoms with Crippen LogP contribution in [0.5, 0.6) is 0 Å². The van der Waals surface area contributed by atoms with Crippen molar-refractivity contribution in [1.82, 2.24) is 15.5 Å². The maximum atomic E-state index is 12.5. The molecule has 156 valence electrons. The number of anilines is 1. The molecule has 0 radical (unpaired) electrons. The van der Waals surface area contributed by atoms with Gasteiger partial charge in [0.25, 0.3) is 11.5 Å². The molecule has 0 saturated heterocycles. The predicted molar refractivity (Wildman–Crippen MR) is 118 cm³/mol. The molecule has 0 atom stereocenters. The molecule has 8 heteroatoms. The number of nitrogens with one attached hydrogen (secondary N) is 3. The van der Waals surface area contributed by atoms with Crippen molar-refractivity contribution in [1.29, 1.82) is 0 Å². The van der Waals surface area contributed by atoms with Crippen LogP contribution in [0, 0.1) is 0 Å². The van der Waals surface area contributed by atoms with E-state index in [1.165, 1.54) is 6.20 Å². The minimum Gasteiger partial charge on any atom is -0.389 e. The van der Waals surface area contributed by atoms with Crippen LogP contribution in [-0.4, -0.2) is 39.9 Å². The summed E-state index contributed by atoms with van der Waals surface area (Å²) in [5, 5.41) is 23.5. The number of nitrogens with two attached hydrogens (primary N) is 1. The fourth-order valence-electron chi connectivity index (χ4n) is 2.90. The number of nitrogens with zero attached hydrogens (tertiary/aromatic N) is 1. The molecule has 0 aliphatic rings. The molecular formula is C22H25N5O3. The molecule has 2 aromatic carbocycles. The summed E-state index contributed by atoms with van der Waals surface area (Å²) in [7, 11) is 0. The number of carbonyl (C=O) groups is 1. The van der Waals surface area contributed by atoms with E-state index in [0.29, 0.717) is 28.9 Å². The first-order valence-electron chi connectivity index (χ1n) is 9.52. The van der Waals surface area contributed by atoms with Crippen molar-refractivity contribution in [3.8, 4) is 11.3 Å². The molecule has 6 N–H and O–H groups in total. The molecule has 0 bridgehead atoms. The fraction of sp³-hybridized carbons (Fsp3) is 0.227. The Bertz CT molecular complexity index is 1130. The Balaban J connectivity index is 1.76. The van der Waals surface area contributed by atoms with E-state index in [4.69, 9.17) is 5.73 Å². The first-order chi connectivity index (χ1) is 14.3. The number of hydrogen-bond acceptors (Lipinski definition) is 6. The van der Waals surface area contributed by atoms with Crippen molar-refractivity contribution in [2.75, 3.05) is 18.4 Å². The number of aromatic nitrogens is 2. The molecule has 1 heterocycles. The van der Waals surface area contributed by atoms with E-state index in [-0.39, 0.29) is 18.0 Å². The average molecular weight is 407 g/mol. The summed E-state index contributed by atoms with van der Waals surface area (Å²) in [4.78, 5) is 24.4. The molecule has 0 aliphatic heterocycles. The summed E-state index contributed by atoms with van der Waals surface area (Å²) in [6, 6.07) is 14.4. The van der Waals surface area contributed by atoms with E-state index < -0.39 is 5.60 Å². The van der Waals surface area contributed by atoms with Gasteiger partial charge in [-0.05, 0) is 32.0 Å². The third-order valence-electron chi connectivity index (χ3n) is 4.43. The summed E-state index contributed by atoms with van der Waals surface area (Å²) in [5.41, 5.74) is 6.95. The minimum absolute atomic E-state index is 0.0516. The highest BCUT2D eigenvalue weighted by atomic mass is 16.3.